The Morgan fingerprint density at radius 3 is 3.04 bits per heavy atom. The van der Waals surface area contributed by atoms with Crippen LogP contribution in [-0.2, 0) is 19.5 Å². The second-order valence-electron chi connectivity index (χ2n) is 6.66. The zero-order valence-corrected chi connectivity index (χ0v) is 14.9. The number of nitrogens with one attached hydrogen (secondary N) is 1. The van der Waals surface area contributed by atoms with E-state index in [-0.39, 0.29) is 12.7 Å². The van der Waals surface area contributed by atoms with Gasteiger partial charge in [0.2, 0.25) is 6.79 Å². The third-order valence-electron chi connectivity index (χ3n) is 5.07. The molecule has 0 spiro atoms. The van der Waals surface area contributed by atoms with Crippen LogP contribution in [0.2, 0.25) is 0 Å². The molecule has 2 aliphatic rings. The van der Waals surface area contributed by atoms with Gasteiger partial charge in [0.1, 0.15) is 0 Å². The molecule has 27 heavy (non-hydrogen) atoms. The van der Waals surface area contributed by atoms with Gasteiger partial charge in [-0.3, -0.25) is 14.6 Å². The lowest BCUT2D eigenvalue weighted by Gasteiger charge is -2.26. The summed E-state index contributed by atoms with van der Waals surface area (Å²) in [6.07, 6.45) is 4.18. The molecule has 2 aliphatic heterocycles. The molecule has 1 aromatic carbocycles. The van der Waals surface area contributed by atoms with Crippen LogP contribution in [0.15, 0.2) is 30.6 Å². The molecule has 1 amide bonds. The molecule has 8 heteroatoms. The summed E-state index contributed by atoms with van der Waals surface area (Å²) in [5.41, 5.74) is 4.55. The highest BCUT2D eigenvalue weighted by atomic mass is 16.7. The summed E-state index contributed by atoms with van der Waals surface area (Å²) in [6.45, 7) is 4.16. The molecular formula is C19H19N5O3. The van der Waals surface area contributed by atoms with E-state index in [4.69, 9.17) is 9.47 Å². The van der Waals surface area contributed by atoms with Crippen LogP contribution in [0.25, 0.3) is 11.3 Å². The van der Waals surface area contributed by atoms with Crippen LogP contribution in [-0.4, -0.2) is 44.1 Å². The summed E-state index contributed by atoms with van der Waals surface area (Å²) in [4.78, 5) is 14.7. The summed E-state index contributed by atoms with van der Waals surface area (Å²) in [7, 11) is 0. The van der Waals surface area contributed by atoms with Gasteiger partial charge >= 0.3 is 0 Å². The van der Waals surface area contributed by atoms with Crippen LogP contribution in [0.5, 0.6) is 11.5 Å². The standard InChI is InChI=1S/C19H19N5O3/c1-2-24-9-13(8-20-24)19(25)23-6-5-15-14(10-23)18(22-21-15)12-3-4-16-17(7-12)27-11-26-16/h3-4,7-9H,2,5-6,10-11H2,1H3,(H,21,22). The molecule has 4 heterocycles. The van der Waals surface area contributed by atoms with E-state index in [1.807, 2.05) is 30.0 Å². The van der Waals surface area contributed by atoms with Crippen molar-refractivity contribution in [1.29, 1.82) is 0 Å². The van der Waals surface area contributed by atoms with E-state index in [0.717, 1.165) is 47.0 Å². The number of ether oxygens (including phenoxy) is 2. The number of carbonyl (C=O) groups is 1. The van der Waals surface area contributed by atoms with E-state index >= 15 is 0 Å². The number of amides is 1. The minimum Gasteiger partial charge on any atom is -0.454 e. The predicted molar refractivity (Wildman–Crippen MR) is 96.5 cm³/mol. The first-order chi connectivity index (χ1) is 13.2. The van der Waals surface area contributed by atoms with E-state index in [0.29, 0.717) is 18.7 Å². The Balaban J connectivity index is 1.44. The first-order valence-electron chi connectivity index (χ1n) is 9.01. The summed E-state index contributed by atoms with van der Waals surface area (Å²) in [6, 6.07) is 5.80. The van der Waals surface area contributed by atoms with Crippen molar-refractivity contribution in [3.05, 3.63) is 47.4 Å². The average Bonchev–Trinajstić information content (AvgIpc) is 3.44. The van der Waals surface area contributed by atoms with Crippen LogP contribution < -0.4 is 9.47 Å². The molecular weight excluding hydrogens is 346 g/mol. The zero-order valence-electron chi connectivity index (χ0n) is 14.9. The summed E-state index contributed by atoms with van der Waals surface area (Å²) in [5, 5.41) is 11.8. The van der Waals surface area contributed by atoms with E-state index in [1.54, 1.807) is 17.1 Å². The van der Waals surface area contributed by atoms with E-state index in [9.17, 15) is 4.79 Å². The third kappa shape index (κ3) is 2.64. The number of H-pyrrole nitrogens is 1. The van der Waals surface area contributed by atoms with Crippen LogP contribution in [0.1, 0.15) is 28.5 Å². The Bertz CT molecular complexity index is 1020. The first kappa shape index (κ1) is 15.9. The molecule has 0 bridgehead atoms. The average molecular weight is 365 g/mol. The van der Waals surface area contributed by atoms with Gasteiger partial charge in [-0.2, -0.15) is 10.2 Å². The van der Waals surface area contributed by atoms with Crippen molar-refractivity contribution < 1.29 is 14.3 Å². The highest BCUT2D eigenvalue weighted by Crippen LogP contribution is 2.37. The number of benzene rings is 1. The lowest BCUT2D eigenvalue weighted by molar-refractivity contribution is 0.0734. The molecule has 0 saturated carbocycles. The fourth-order valence-electron chi connectivity index (χ4n) is 3.58. The van der Waals surface area contributed by atoms with Crippen molar-refractivity contribution in [1.82, 2.24) is 24.9 Å². The summed E-state index contributed by atoms with van der Waals surface area (Å²) >= 11 is 0. The molecule has 1 N–H and O–H groups in total. The highest BCUT2D eigenvalue weighted by Gasteiger charge is 2.27. The van der Waals surface area contributed by atoms with Gasteiger partial charge in [-0.1, -0.05) is 0 Å². The topological polar surface area (TPSA) is 85.3 Å². The maximum atomic E-state index is 12.9. The fraction of sp³-hybridized carbons (Fsp3) is 0.316. The largest absolute Gasteiger partial charge is 0.454 e. The molecule has 0 atom stereocenters. The maximum Gasteiger partial charge on any atom is 0.257 e. The number of aromatic nitrogens is 4. The predicted octanol–water partition coefficient (Wildman–Crippen LogP) is 2.22. The summed E-state index contributed by atoms with van der Waals surface area (Å²) < 4.78 is 12.6. The third-order valence-corrected chi connectivity index (χ3v) is 5.07. The normalized spacial score (nSPS) is 15.1. The van der Waals surface area contributed by atoms with Crippen molar-refractivity contribution >= 4 is 5.91 Å². The highest BCUT2D eigenvalue weighted by molar-refractivity contribution is 5.94. The summed E-state index contributed by atoms with van der Waals surface area (Å²) in [5.74, 6) is 1.46. The van der Waals surface area contributed by atoms with Crippen LogP contribution in [0.4, 0.5) is 0 Å². The van der Waals surface area contributed by atoms with E-state index < -0.39 is 0 Å². The first-order valence-corrected chi connectivity index (χ1v) is 9.01. The quantitative estimate of drug-likeness (QED) is 0.769. The molecule has 0 saturated heterocycles. The van der Waals surface area contributed by atoms with Gasteiger partial charge in [0.25, 0.3) is 5.91 Å². The number of fused-ring (bicyclic) bond motifs is 2. The SMILES string of the molecule is CCn1cc(C(=O)N2CCc3[nH]nc(-c4ccc5c(c4)OCO5)c3C2)cn1. The van der Waals surface area contributed by atoms with Crippen LogP contribution in [0, 0.1) is 0 Å². The second kappa shape index (κ2) is 6.15. The van der Waals surface area contributed by atoms with Gasteiger partial charge in [-0.15, -0.1) is 0 Å². The Hall–Kier alpha value is -3.29. The van der Waals surface area contributed by atoms with Gasteiger partial charge in [0, 0.05) is 49.1 Å². The van der Waals surface area contributed by atoms with Crippen molar-refractivity contribution in [2.45, 2.75) is 26.4 Å². The molecule has 5 rings (SSSR count). The number of hydrogen-bond donors (Lipinski definition) is 1. The van der Waals surface area contributed by atoms with Crippen molar-refractivity contribution in [3.8, 4) is 22.8 Å². The van der Waals surface area contributed by atoms with Gasteiger partial charge in [0.15, 0.2) is 11.5 Å². The lowest BCUT2D eigenvalue weighted by Crippen LogP contribution is -2.35. The number of aryl methyl sites for hydroxylation is 1. The minimum atomic E-state index is -0.00168. The monoisotopic (exact) mass is 365 g/mol. The number of nitrogens with zero attached hydrogens (tertiary/aromatic N) is 4. The molecule has 0 radical (unpaired) electrons. The molecule has 0 aliphatic carbocycles. The Kier molecular flexibility index (Phi) is 3.63. The molecule has 0 unspecified atom stereocenters. The lowest BCUT2D eigenvalue weighted by atomic mass is 10.0. The number of aromatic amines is 1. The molecule has 2 aromatic heterocycles. The van der Waals surface area contributed by atoms with Crippen molar-refractivity contribution in [2.24, 2.45) is 0 Å². The van der Waals surface area contributed by atoms with Crippen LogP contribution in [0.3, 0.4) is 0 Å². The fourth-order valence-corrected chi connectivity index (χ4v) is 3.58. The Morgan fingerprint density at radius 2 is 2.19 bits per heavy atom. The number of rotatable bonds is 3. The van der Waals surface area contributed by atoms with Gasteiger partial charge in [0.05, 0.1) is 17.5 Å². The Labute approximate surface area is 155 Å². The van der Waals surface area contributed by atoms with Gasteiger partial charge < -0.3 is 14.4 Å². The van der Waals surface area contributed by atoms with E-state index in [2.05, 4.69) is 15.3 Å². The molecule has 8 nitrogen and oxygen atoms in total. The van der Waals surface area contributed by atoms with Gasteiger partial charge in [-0.25, -0.2) is 0 Å². The maximum absolute atomic E-state index is 12.9. The number of carbonyl (C=O) groups excluding carboxylic acids is 1. The molecule has 0 fully saturated rings. The number of hydrogen-bond acceptors (Lipinski definition) is 5. The molecule has 3 aromatic rings. The Morgan fingerprint density at radius 1 is 1.30 bits per heavy atom. The smallest absolute Gasteiger partial charge is 0.257 e. The van der Waals surface area contributed by atoms with Crippen LogP contribution >= 0.6 is 0 Å². The van der Waals surface area contributed by atoms with Crippen molar-refractivity contribution in [2.75, 3.05) is 13.3 Å². The second-order valence-corrected chi connectivity index (χ2v) is 6.66. The van der Waals surface area contributed by atoms with E-state index in [1.165, 1.54) is 0 Å². The molecule has 138 valence electrons. The van der Waals surface area contributed by atoms with Gasteiger partial charge in [-0.05, 0) is 25.1 Å². The minimum absolute atomic E-state index is 0.00168. The van der Waals surface area contributed by atoms with Crippen molar-refractivity contribution in [3.63, 3.8) is 0 Å². The zero-order chi connectivity index (χ0) is 18.4.